The number of hydrogen-bond donors (Lipinski definition) is 1. The topological polar surface area (TPSA) is 78.2 Å². The molecule has 0 radical (unpaired) electrons. The summed E-state index contributed by atoms with van der Waals surface area (Å²) in [5.41, 5.74) is 4.25. The third-order valence-electron chi connectivity index (χ3n) is 6.30. The van der Waals surface area contributed by atoms with Gasteiger partial charge in [-0.2, -0.15) is 5.10 Å². The molecule has 1 N–H and O–H groups in total. The lowest BCUT2D eigenvalue weighted by molar-refractivity contribution is -0.0262. The minimum Gasteiger partial charge on any atom is -0.358 e. The average molecular weight is 436 g/mol. The highest BCUT2D eigenvalue weighted by atomic mass is 19.3. The van der Waals surface area contributed by atoms with Gasteiger partial charge in [0.1, 0.15) is 5.65 Å². The quantitative estimate of drug-likeness (QED) is 0.529. The predicted molar refractivity (Wildman–Crippen MR) is 116 cm³/mol. The van der Waals surface area contributed by atoms with Gasteiger partial charge >= 0.3 is 0 Å². The third kappa shape index (κ3) is 3.35. The van der Waals surface area contributed by atoms with E-state index in [0.29, 0.717) is 11.9 Å². The van der Waals surface area contributed by atoms with Crippen LogP contribution in [0.25, 0.3) is 17.0 Å². The van der Waals surface area contributed by atoms with Crippen LogP contribution in [-0.4, -0.2) is 61.7 Å². The zero-order chi connectivity index (χ0) is 21.7. The molecule has 2 saturated heterocycles. The van der Waals surface area contributed by atoms with Gasteiger partial charge in [-0.05, 0) is 36.6 Å². The van der Waals surface area contributed by atoms with Gasteiger partial charge in [-0.15, -0.1) is 0 Å². The number of pyridine rings is 1. The Balaban J connectivity index is 1.29. The van der Waals surface area contributed by atoms with Crippen LogP contribution in [0.4, 0.5) is 20.4 Å². The highest BCUT2D eigenvalue weighted by Gasteiger charge is 2.44. The maximum atomic E-state index is 13.3. The second-order valence-corrected chi connectivity index (χ2v) is 8.53. The molecule has 10 heteroatoms. The van der Waals surface area contributed by atoms with E-state index in [1.807, 2.05) is 41.2 Å². The van der Waals surface area contributed by atoms with Crippen LogP contribution in [0, 0.1) is 0 Å². The standard InChI is InChI=1S/C22H22F2N8/c23-22(24)13-31(14-22)17-3-4-20-26-10-19(32(20)12-17)18-5-6-25-21(29-18)30-7-1-2-15(11-30)16-8-27-28-9-16/h3-6,8-10,12,15H,1-2,7,11,13-14H2,(H,27,28). The largest absolute Gasteiger partial charge is 0.358 e. The summed E-state index contributed by atoms with van der Waals surface area (Å²) in [6.07, 6.45) is 11.4. The second-order valence-electron chi connectivity index (χ2n) is 8.53. The Labute approximate surface area is 182 Å². The van der Waals surface area contributed by atoms with Crippen LogP contribution in [0.5, 0.6) is 0 Å². The van der Waals surface area contributed by atoms with Crippen LogP contribution in [0.1, 0.15) is 24.3 Å². The molecule has 1 atom stereocenters. The molecular weight excluding hydrogens is 414 g/mol. The molecule has 8 nitrogen and oxygen atoms in total. The summed E-state index contributed by atoms with van der Waals surface area (Å²) in [5, 5.41) is 6.98. The molecule has 6 heterocycles. The normalized spacial score (nSPS) is 20.5. The van der Waals surface area contributed by atoms with E-state index in [4.69, 9.17) is 4.98 Å². The lowest BCUT2D eigenvalue weighted by Gasteiger charge is -2.40. The van der Waals surface area contributed by atoms with Crippen molar-refractivity contribution in [1.82, 2.24) is 29.5 Å². The van der Waals surface area contributed by atoms with Gasteiger partial charge in [-0.25, -0.2) is 23.7 Å². The molecule has 2 fully saturated rings. The summed E-state index contributed by atoms with van der Waals surface area (Å²) in [4.78, 5) is 17.7. The molecule has 2 aliphatic rings. The number of nitrogens with zero attached hydrogens (tertiary/aromatic N) is 7. The van der Waals surface area contributed by atoms with E-state index >= 15 is 0 Å². The molecule has 6 rings (SSSR count). The number of fused-ring (bicyclic) bond motifs is 1. The first kappa shape index (κ1) is 19.1. The summed E-state index contributed by atoms with van der Waals surface area (Å²) in [7, 11) is 0. The zero-order valence-corrected chi connectivity index (χ0v) is 17.3. The highest BCUT2D eigenvalue weighted by molar-refractivity contribution is 5.64. The van der Waals surface area contributed by atoms with Crippen molar-refractivity contribution in [3.8, 4) is 11.4 Å². The van der Waals surface area contributed by atoms with Crippen molar-refractivity contribution in [3.63, 3.8) is 0 Å². The van der Waals surface area contributed by atoms with Gasteiger partial charge in [0.25, 0.3) is 5.92 Å². The minimum atomic E-state index is -2.61. The first-order valence-corrected chi connectivity index (χ1v) is 10.7. The third-order valence-corrected chi connectivity index (χ3v) is 6.30. The van der Waals surface area contributed by atoms with E-state index < -0.39 is 5.92 Å². The summed E-state index contributed by atoms with van der Waals surface area (Å²) >= 11 is 0. The highest BCUT2D eigenvalue weighted by Crippen LogP contribution is 2.33. The number of hydrogen-bond acceptors (Lipinski definition) is 6. The number of imidazole rings is 1. The molecule has 4 aromatic heterocycles. The fourth-order valence-corrected chi connectivity index (χ4v) is 4.60. The summed E-state index contributed by atoms with van der Waals surface area (Å²) < 4.78 is 28.6. The van der Waals surface area contributed by atoms with Crippen LogP contribution in [-0.2, 0) is 0 Å². The maximum Gasteiger partial charge on any atom is 0.282 e. The van der Waals surface area contributed by atoms with Crippen LogP contribution in [0.3, 0.4) is 0 Å². The molecule has 0 aromatic carbocycles. The lowest BCUT2D eigenvalue weighted by Crippen LogP contribution is -2.56. The Morgan fingerprint density at radius 3 is 2.78 bits per heavy atom. The van der Waals surface area contributed by atoms with E-state index in [1.165, 1.54) is 5.56 Å². The number of alkyl halides is 2. The molecule has 0 bridgehead atoms. The van der Waals surface area contributed by atoms with Crippen LogP contribution in [0.2, 0.25) is 0 Å². The first-order chi connectivity index (χ1) is 15.6. The van der Waals surface area contributed by atoms with Crippen molar-refractivity contribution >= 4 is 17.3 Å². The number of piperidine rings is 1. The minimum absolute atomic E-state index is 0.257. The lowest BCUT2D eigenvalue weighted by atomic mass is 9.93. The van der Waals surface area contributed by atoms with Crippen molar-refractivity contribution in [2.24, 2.45) is 0 Å². The van der Waals surface area contributed by atoms with Gasteiger partial charge in [0.15, 0.2) is 0 Å². The molecular formula is C22H22F2N8. The molecule has 1 unspecified atom stereocenters. The molecule has 2 aliphatic heterocycles. The van der Waals surface area contributed by atoms with Crippen molar-refractivity contribution in [3.05, 3.63) is 54.7 Å². The van der Waals surface area contributed by atoms with Crippen LogP contribution >= 0.6 is 0 Å². The van der Waals surface area contributed by atoms with Gasteiger partial charge in [0.05, 0.1) is 42.6 Å². The van der Waals surface area contributed by atoms with E-state index in [-0.39, 0.29) is 13.1 Å². The fourth-order valence-electron chi connectivity index (χ4n) is 4.60. The average Bonchev–Trinajstić information content (AvgIpc) is 3.47. The van der Waals surface area contributed by atoms with Crippen molar-refractivity contribution in [2.45, 2.75) is 24.7 Å². The summed E-state index contributed by atoms with van der Waals surface area (Å²) in [5.74, 6) is -1.54. The number of anilines is 2. The number of rotatable bonds is 4. The first-order valence-electron chi connectivity index (χ1n) is 10.7. The molecule has 164 valence electrons. The molecule has 0 amide bonds. The number of aromatic amines is 1. The Kier molecular flexibility index (Phi) is 4.34. The SMILES string of the molecule is FC1(F)CN(c2ccc3ncc(-c4ccnc(N5CCCC(c6cn[nH]c6)C5)n4)n3c2)C1. The van der Waals surface area contributed by atoms with Crippen LogP contribution < -0.4 is 9.80 Å². The van der Waals surface area contributed by atoms with Gasteiger partial charge in [-0.3, -0.25) is 9.50 Å². The molecule has 0 spiro atoms. The van der Waals surface area contributed by atoms with Crippen LogP contribution in [0.15, 0.2) is 49.2 Å². The monoisotopic (exact) mass is 436 g/mol. The Morgan fingerprint density at radius 2 is 1.97 bits per heavy atom. The van der Waals surface area contributed by atoms with Crippen molar-refractivity contribution < 1.29 is 8.78 Å². The summed E-state index contributed by atoms with van der Waals surface area (Å²) in [6.45, 7) is 1.22. The Morgan fingerprint density at radius 1 is 1.06 bits per heavy atom. The Bertz CT molecular complexity index is 1240. The zero-order valence-electron chi connectivity index (χ0n) is 17.3. The van der Waals surface area contributed by atoms with E-state index in [9.17, 15) is 8.78 Å². The molecule has 0 saturated carbocycles. The molecule has 32 heavy (non-hydrogen) atoms. The molecule has 4 aromatic rings. The van der Waals surface area contributed by atoms with Gasteiger partial charge < -0.3 is 9.80 Å². The predicted octanol–water partition coefficient (Wildman–Crippen LogP) is 3.35. The van der Waals surface area contributed by atoms with Gasteiger partial charge in [-0.1, -0.05) is 0 Å². The Hall–Kier alpha value is -3.56. The van der Waals surface area contributed by atoms with Gasteiger partial charge in [0, 0.05) is 37.6 Å². The van der Waals surface area contributed by atoms with Crippen molar-refractivity contribution in [2.75, 3.05) is 36.0 Å². The van der Waals surface area contributed by atoms with Gasteiger partial charge in [0.2, 0.25) is 5.95 Å². The van der Waals surface area contributed by atoms with E-state index in [1.54, 1.807) is 17.3 Å². The summed E-state index contributed by atoms with van der Waals surface area (Å²) in [6, 6.07) is 5.53. The number of aromatic nitrogens is 6. The number of halogens is 2. The van der Waals surface area contributed by atoms with Crippen molar-refractivity contribution in [1.29, 1.82) is 0 Å². The molecule has 0 aliphatic carbocycles. The van der Waals surface area contributed by atoms with E-state index in [0.717, 1.165) is 48.7 Å². The number of nitrogens with one attached hydrogen (secondary N) is 1. The fraction of sp³-hybridized carbons (Fsp3) is 0.364. The van der Waals surface area contributed by atoms with E-state index in [2.05, 4.69) is 25.1 Å². The maximum absolute atomic E-state index is 13.3. The second kappa shape index (κ2) is 7.25. The smallest absolute Gasteiger partial charge is 0.282 e. The number of H-pyrrole nitrogens is 1.